The molecule has 0 unspecified atom stereocenters. The molecule has 0 saturated carbocycles. The van der Waals surface area contributed by atoms with Crippen molar-refractivity contribution in [3.63, 3.8) is 0 Å². The molecule has 0 aromatic heterocycles. The van der Waals surface area contributed by atoms with Gasteiger partial charge in [-0.3, -0.25) is 0 Å². The SMILES string of the molecule is N[C@@H](c1ccccc1Br)C(F)(F)C(F)(F)F. The molecule has 0 radical (unpaired) electrons. The molecule has 16 heavy (non-hydrogen) atoms. The van der Waals surface area contributed by atoms with Gasteiger partial charge in [0, 0.05) is 4.47 Å². The molecule has 1 rings (SSSR count). The van der Waals surface area contributed by atoms with Crippen LogP contribution in [0.1, 0.15) is 11.6 Å². The van der Waals surface area contributed by atoms with Gasteiger partial charge < -0.3 is 5.73 Å². The zero-order chi connectivity index (χ0) is 12.6. The molecule has 0 amide bonds. The van der Waals surface area contributed by atoms with E-state index >= 15 is 0 Å². The van der Waals surface area contributed by atoms with E-state index in [2.05, 4.69) is 15.9 Å². The molecule has 90 valence electrons. The molecule has 1 aromatic rings. The highest BCUT2D eigenvalue weighted by molar-refractivity contribution is 9.10. The Morgan fingerprint density at radius 2 is 1.56 bits per heavy atom. The van der Waals surface area contributed by atoms with Gasteiger partial charge in [-0.1, -0.05) is 34.1 Å². The van der Waals surface area contributed by atoms with Crippen LogP contribution in [0.2, 0.25) is 0 Å². The van der Waals surface area contributed by atoms with Crippen molar-refractivity contribution < 1.29 is 22.0 Å². The lowest BCUT2D eigenvalue weighted by Gasteiger charge is -2.26. The molecule has 0 bridgehead atoms. The van der Waals surface area contributed by atoms with E-state index in [0.717, 1.165) is 6.07 Å². The maximum Gasteiger partial charge on any atom is 0.455 e. The largest absolute Gasteiger partial charge is 0.455 e. The summed E-state index contributed by atoms with van der Waals surface area (Å²) < 4.78 is 62.1. The van der Waals surface area contributed by atoms with Crippen LogP contribution in [0.4, 0.5) is 22.0 Å². The fourth-order valence-electron chi connectivity index (χ4n) is 1.10. The van der Waals surface area contributed by atoms with E-state index in [1.807, 2.05) is 0 Å². The summed E-state index contributed by atoms with van der Waals surface area (Å²) in [6.45, 7) is 0. The summed E-state index contributed by atoms with van der Waals surface area (Å²) in [5.41, 5.74) is 4.67. The standard InChI is InChI=1S/C9H7BrF5N/c10-6-4-2-1-3-5(6)7(16)8(11,12)9(13,14)15/h1-4,7H,16H2/t7-/m0/s1. The Morgan fingerprint density at radius 1 is 1.06 bits per heavy atom. The zero-order valence-electron chi connectivity index (χ0n) is 7.73. The zero-order valence-corrected chi connectivity index (χ0v) is 9.32. The lowest BCUT2D eigenvalue weighted by atomic mass is 10.0. The summed E-state index contributed by atoms with van der Waals surface area (Å²) in [4.78, 5) is 0. The van der Waals surface area contributed by atoms with E-state index in [-0.39, 0.29) is 10.0 Å². The van der Waals surface area contributed by atoms with Crippen LogP contribution in [0.3, 0.4) is 0 Å². The van der Waals surface area contributed by atoms with E-state index in [1.54, 1.807) is 0 Å². The van der Waals surface area contributed by atoms with E-state index in [0.29, 0.717) is 0 Å². The van der Waals surface area contributed by atoms with Gasteiger partial charge in [-0.25, -0.2) is 0 Å². The Kier molecular flexibility index (Phi) is 3.59. The van der Waals surface area contributed by atoms with Crippen LogP contribution in [0.15, 0.2) is 28.7 Å². The van der Waals surface area contributed by atoms with Gasteiger partial charge in [0.2, 0.25) is 0 Å². The molecule has 0 spiro atoms. The molecule has 1 atom stereocenters. The quantitative estimate of drug-likeness (QED) is 0.829. The topological polar surface area (TPSA) is 26.0 Å². The molecule has 2 N–H and O–H groups in total. The molecule has 0 saturated heterocycles. The Morgan fingerprint density at radius 3 is 2.00 bits per heavy atom. The van der Waals surface area contributed by atoms with Gasteiger partial charge in [0.1, 0.15) is 6.04 Å². The third-order valence-corrected chi connectivity index (χ3v) is 2.73. The summed E-state index contributed by atoms with van der Waals surface area (Å²) in [7, 11) is 0. The first-order chi connectivity index (χ1) is 7.18. The fourth-order valence-corrected chi connectivity index (χ4v) is 1.63. The Balaban J connectivity index is 3.12. The molecule has 0 heterocycles. The van der Waals surface area contributed by atoms with Crippen LogP contribution in [0, 0.1) is 0 Å². The third kappa shape index (κ3) is 2.35. The lowest BCUT2D eigenvalue weighted by Crippen LogP contribution is -2.45. The summed E-state index contributed by atoms with van der Waals surface area (Å²) >= 11 is 2.88. The molecule has 7 heteroatoms. The van der Waals surface area contributed by atoms with Crippen LogP contribution in [0.5, 0.6) is 0 Å². The van der Waals surface area contributed by atoms with E-state index in [4.69, 9.17) is 5.73 Å². The number of hydrogen-bond acceptors (Lipinski definition) is 1. The number of hydrogen-bond donors (Lipinski definition) is 1. The normalized spacial score (nSPS) is 14.9. The van der Waals surface area contributed by atoms with Gasteiger partial charge in [-0.2, -0.15) is 22.0 Å². The first-order valence-corrected chi connectivity index (χ1v) is 4.91. The Labute approximate surface area is 96.6 Å². The van der Waals surface area contributed by atoms with Crippen molar-refractivity contribution in [2.45, 2.75) is 18.1 Å². The summed E-state index contributed by atoms with van der Waals surface area (Å²) in [6, 6.07) is 2.87. The highest BCUT2D eigenvalue weighted by Crippen LogP contribution is 2.44. The van der Waals surface area contributed by atoms with Crippen molar-refractivity contribution in [3.8, 4) is 0 Å². The monoisotopic (exact) mass is 303 g/mol. The average molecular weight is 304 g/mol. The number of benzene rings is 1. The minimum absolute atomic E-state index is 0.117. The van der Waals surface area contributed by atoms with Gasteiger partial charge in [0.15, 0.2) is 0 Å². The van der Waals surface area contributed by atoms with E-state index < -0.39 is 18.1 Å². The molecule has 0 fully saturated rings. The van der Waals surface area contributed by atoms with E-state index in [1.165, 1.54) is 18.2 Å². The summed E-state index contributed by atoms with van der Waals surface area (Å²) in [5, 5.41) is 0. The molecular weight excluding hydrogens is 297 g/mol. The summed E-state index contributed by atoms with van der Waals surface area (Å²) in [5.74, 6) is -4.96. The van der Waals surface area contributed by atoms with Crippen molar-refractivity contribution in [2.24, 2.45) is 5.73 Å². The van der Waals surface area contributed by atoms with Crippen molar-refractivity contribution >= 4 is 15.9 Å². The average Bonchev–Trinajstić information content (AvgIpc) is 2.15. The highest BCUT2D eigenvalue weighted by atomic mass is 79.9. The molecule has 0 aliphatic carbocycles. The predicted octanol–water partition coefficient (Wildman–Crippen LogP) is 3.65. The second kappa shape index (κ2) is 4.29. The second-order valence-corrected chi connectivity index (χ2v) is 3.97. The fraction of sp³-hybridized carbons (Fsp3) is 0.333. The Hall–Kier alpha value is -0.690. The predicted molar refractivity (Wildman–Crippen MR) is 52.1 cm³/mol. The van der Waals surface area contributed by atoms with Crippen LogP contribution in [-0.4, -0.2) is 12.1 Å². The van der Waals surface area contributed by atoms with Crippen molar-refractivity contribution in [1.82, 2.24) is 0 Å². The highest BCUT2D eigenvalue weighted by Gasteiger charge is 2.61. The molecule has 0 aliphatic rings. The minimum atomic E-state index is -5.66. The van der Waals surface area contributed by atoms with E-state index in [9.17, 15) is 22.0 Å². The van der Waals surface area contributed by atoms with Crippen LogP contribution < -0.4 is 5.73 Å². The molecule has 0 aliphatic heterocycles. The van der Waals surface area contributed by atoms with Crippen molar-refractivity contribution in [2.75, 3.05) is 0 Å². The number of halogens is 6. The second-order valence-electron chi connectivity index (χ2n) is 3.12. The van der Waals surface area contributed by atoms with Crippen LogP contribution in [0.25, 0.3) is 0 Å². The van der Waals surface area contributed by atoms with Gasteiger partial charge in [0.25, 0.3) is 0 Å². The first kappa shape index (κ1) is 13.4. The van der Waals surface area contributed by atoms with Crippen LogP contribution >= 0.6 is 15.9 Å². The minimum Gasteiger partial charge on any atom is -0.319 e. The maximum absolute atomic E-state index is 12.9. The number of alkyl halides is 5. The number of nitrogens with two attached hydrogens (primary N) is 1. The van der Waals surface area contributed by atoms with Crippen molar-refractivity contribution in [3.05, 3.63) is 34.3 Å². The molecular formula is C9H7BrF5N. The van der Waals surface area contributed by atoms with Gasteiger partial charge in [-0.15, -0.1) is 0 Å². The summed E-state index contributed by atoms with van der Waals surface area (Å²) in [6.07, 6.45) is -5.66. The molecule has 1 nitrogen and oxygen atoms in total. The van der Waals surface area contributed by atoms with Gasteiger partial charge in [-0.05, 0) is 11.6 Å². The van der Waals surface area contributed by atoms with Gasteiger partial charge >= 0.3 is 12.1 Å². The number of rotatable bonds is 2. The smallest absolute Gasteiger partial charge is 0.319 e. The van der Waals surface area contributed by atoms with Gasteiger partial charge in [0.05, 0.1) is 0 Å². The first-order valence-electron chi connectivity index (χ1n) is 4.12. The Bertz CT molecular complexity index is 376. The maximum atomic E-state index is 12.9. The van der Waals surface area contributed by atoms with Crippen LogP contribution in [-0.2, 0) is 0 Å². The third-order valence-electron chi connectivity index (χ3n) is 2.01. The lowest BCUT2D eigenvalue weighted by molar-refractivity contribution is -0.291. The molecule has 1 aromatic carbocycles. The van der Waals surface area contributed by atoms with Crippen molar-refractivity contribution in [1.29, 1.82) is 0 Å².